The number of unbranched alkanes of at least 4 members (excludes halogenated alkanes) is 3. The van der Waals surface area contributed by atoms with E-state index in [1.807, 2.05) is 0 Å². The van der Waals surface area contributed by atoms with Gasteiger partial charge in [0.05, 0.1) is 24.1 Å². The molecule has 0 radical (unpaired) electrons. The molecule has 0 aromatic carbocycles. The fraction of sp³-hybridized carbons (Fsp3) is 0.944. The standard InChI is InChI=1S/C36H59N3O/c1-9-10-11-12-21-39-29-25(37-38-39)22-33(6)26(32(29,4)5)15-16-35(8)27(33)14-13-24-28-30-31(2,3)17-19-36(28,23-40-30)20-18-34(24,35)7/h24,26-28,30H,9-23H2,1-8H3/t24-,26+,27-,28+,30-,33+,34-,35-,36-/m1/s1. The Morgan fingerprint density at radius 2 is 1.60 bits per heavy atom. The fourth-order valence-electron chi connectivity index (χ4n) is 13.3. The molecule has 4 nitrogen and oxygen atoms in total. The fourth-order valence-corrected chi connectivity index (χ4v) is 13.3. The highest BCUT2D eigenvalue weighted by molar-refractivity contribution is 5.32. The van der Waals surface area contributed by atoms with Crippen molar-refractivity contribution in [3.05, 3.63) is 11.4 Å². The first-order valence-electron chi connectivity index (χ1n) is 17.4. The molecule has 0 N–H and O–H groups in total. The first kappa shape index (κ1) is 27.9. The highest BCUT2D eigenvalue weighted by Crippen LogP contribution is 2.77. The number of rotatable bonds is 5. The molecule has 6 aliphatic rings. The van der Waals surface area contributed by atoms with E-state index in [9.17, 15) is 0 Å². The van der Waals surface area contributed by atoms with E-state index in [0.29, 0.717) is 39.1 Å². The molecular weight excluding hydrogens is 490 g/mol. The molecule has 4 saturated carbocycles. The van der Waals surface area contributed by atoms with Gasteiger partial charge >= 0.3 is 0 Å². The Labute approximate surface area is 245 Å². The highest BCUT2D eigenvalue weighted by Gasteiger charge is 2.72. The van der Waals surface area contributed by atoms with Crippen LogP contribution in [0.15, 0.2) is 0 Å². The van der Waals surface area contributed by atoms with E-state index in [4.69, 9.17) is 15.0 Å². The molecule has 5 fully saturated rings. The Morgan fingerprint density at radius 3 is 2.38 bits per heavy atom. The number of aryl methyl sites for hydroxylation is 1. The minimum atomic E-state index is 0.132. The lowest BCUT2D eigenvalue weighted by Crippen LogP contribution is -2.67. The Hall–Kier alpha value is -0.900. The number of nitrogens with zero attached hydrogens (tertiary/aromatic N) is 3. The number of aromatic nitrogens is 3. The lowest BCUT2D eigenvalue weighted by molar-refractivity contribution is -0.233. The molecule has 1 aromatic heterocycles. The smallest absolute Gasteiger partial charge is 0.0870 e. The summed E-state index contributed by atoms with van der Waals surface area (Å²) < 4.78 is 9.12. The monoisotopic (exact) mass is 549 g/mol. The molecule has 9 atom stereocenters. The summed E-state index contributed by atoms with van der Waals surface area (Å²) in [6, 6.07) is 0. The molecule has 1 aromatic rings. The van der Waals surface area contributed by atoms with Crippen LogP contribution in [0, 0.1) is 50.7 Å². The van der Waals surface area contributed by atoms with Gasteiger partial charge in [-0.15, -0.1) is 5.10 Å². The molecule has 40 heavy (non-hydrogen) atoms. The van der Waals surface area contributed by atoms with Crippen molar-refractivity contribution in [2.75, 3.05) is 6.61 Å². The van der Waals surface area contributed by atoms with Crippen molar-refractivity contribution in [1.29, 1.82) is 0 Å². The number of hydrogen-bond acceptors (Lipinski definition) is 3. The van der Waals surface area contributed by atoms with Crippen LogP contribution in [0.3, 0.4) is 0 Å². The van der Waals surface area contributed by atoms with Gasteiger partial charge in [0.1, 0.15) is 0 Å². The van der Waals surface area contributed by atoms with E-state index >= 15 is 0 Å². The summed E-state index contributed by atoms with van der Waals surface area (Å²) in [5.41, 5.74) is 4.87. The molecule has 7 rings (SSSR count). The molecule has 4 heteroatoms. The molecule has 0 amide bonds. The van der Waals surface area contributed by atoms with E-state index in [1.54, 1.807) is 0 Å². The molecule has 2 heterocycles. The molecule has 0 unspecified atom stereocenters. The van der Waals surface area contributed by atoms with E-state index < -0.39 is 0 Å². The van der Waals surface area contributed by atoms with Crippen molar-refractivity contribution >= 4 is 0 Å². The van der Waals surface area contributed by atoms with Crippen molar-refractivity contribution in [2.24, 2.45) is 50.7 Å². The predicted molar refractivity (Wildman–Crippen MR) is 162 cm³/mol. The van der Waals surface area contributed by atoms with E-state index in [1.165, 1.54) is 88.4 Å². The second-order valence-electron chi connectivity index (χ2n) is 17.8. The summed E-state index contributed by atoms with van der Waals surface area (Å²) >= 11 is 0. The molecule has 224 valence electrons. The largest absolute Gasteiger partial charge is 0.377 e. The van der Waals surface area contributed by atoms with Crippen LogP contribution in [0.25, 0.3) is 0 Å². The van der Waals surface area contributed by atoms with E-state index in [2.05, 4.69) is 60.1 Å². The minimum absolute atomic E-state index is 0.132. The van der Waals surface area contributed by atoms with Gasteiger partial charge in [-0.3, -0.25) is 0 Å². The third-order valence-electron chi connectivity index (χ3n) is 15.5. The summed E-state index contributed by atoms with van der Waals surface area (Å²) in [5, 5.41) is 9.76. The zero-order valence-electron chi connectivity index (χ0n) is 27.2. The number of hydrogen-bond donors (Lipinski definition) is 0. The third kappa shape index (κ3) is 3.41. The molecule has 2 bridgehead atoms. The maximum atomic E-state index is 6.79. The number of fused-ring (bicyclic) bond motifs is 6. The zero-order chi connectivity index (χ0) is 28.3. The topological polar surface area (TPSA) is 39.9 Å². The van der Waals surface area contributed by atoms with Crippen LogP contribution >= 0.6 is 0 Å². The van der Waals surface area contributed by atoms with Crippen LogP contribution < -0.4 is 0 Å². The first-order valence-corrected chi connectivity index (χ1v) is 17.4. The normalized spacial score (nSPS) is 48.0. The van der Waals surface area contributed by atoms with E-state index in [-0.39, 0.29) is 5.41 Å². The second-order valence-corrected chi connectivity index (χ2v) is 17.8. The van der Waals surface area contributed by atoms with Crippen molar-refractivity contribution in [3.63, 3.8) is 0 Å². The molecule has 1 aliphatic heterocycles. The summed E-state index contributed by atoms with van der Waals surface area (Å²) in [5.74, 6) is 3.08. The SMILES string of the molecule is CCCCCCn1nnc2c1C(C)(C)[C@@H]1CC[C@]3(C)[C@H](CC[C@@H]4[C@H]5[C@H]6OC[C@@]5(CCC6(C)C)CC[C@]43C)[C@@]1(C)C2. The summed E-state index contributed by atoms with van der Waals surface area (Å²) in [6.07, 6.45) is 17.9. The Balaban J connectivity index is 1.22. The van der Waals surface area contributed by atoms with Gasteiger partial charge in [0.15, 0.2) is 0 Å². The lowest BCUT2D eigenvalue weighted by atomic mass is 9.31. The van der Waals surface area contributed by atoms with Gasteiger partial charge in [0.2, 0.25) is 0 Å². The summed E-state index contributed by atoms with van der Waals surface area (Å²) in [6.45, 7) is 22.8. The van der Waals surface area contributed by atoms with Crippen LogP contribution in [0.1, 0.15) is 144 Å². The highest BCUT2D eigenvalue weighted by atomic mass is 16.5. The van der Waals surface area contributed by atoms with Crippen LogP contribution in [-0.2, 0) is 23.1 Å². The molecule has 0 spiro atoms. The molecule has 1 saturated heterocycles. The van der Waals surface area contributed by atoms with Gasteiger partial charge in [-0.1, -0.05) is 79.9 Å². The van der Waals surface area contributed by atoms with Gasteiger partial charge in [0, 0.05) is 12.0 Å². The summed E-state index contributed by atoms with van der Waals surface area (Å²) in [7, 11) is 0. The van der Waals surface area contributed by atoms with Crippen molar-refractivity contribution < 1.29 is 4.74 Å². The van der Waals surface area contributed by atoms with Crippen LogP contribution in [0.4, 0.5) is 0 Å². The Kier molecular flexibility index (Phi) is 6.15. The molecular formula is C36H59N3O. The van der Waals surface area contributed by atoms with Gasteiger partial charge in [-0.2, -0.15) is 0 Å². The average molecular weight is 550 g/mol. The first-order chi connectivity index (χ1) is 18.8. The Morgan fingerprint density at radius 1 is 0.825 bits per heavy atom. The van der Waals surface area contributed by atoms with E-state index in [0.717, 1.165) is 37.3 Å². The van der Waals surface area contributed by atoms with Gasteiger partial charge in [-0.25, -0.2) is 4.68 Å². The number of ether oxygens (including phenoxy) is 1. The van der Waals surface area contributed by atoms with Gasteiger partial charge in [-0.05, 0) is 115 Å². The predicted octanol–water partition coefficient (Wildman–Crippen LogP) is 8.76. The van der Waals surface area contributed by atoms with Gasteiger partial charge < -0.3 is 4.74 Å². The lowest BCUT2D eigenvalue weighted by Gasteiger charge is -2.72. The van der Waals surface area contributed by atoms with Crippen molar-refractivity contribution in [1.82, 2.24) is 15.0 Å². The molecule has 5 aliphatic carbocycles. The van der Waals surface area contributed by atoms with Crippen LogP contribution in [0.2, 0.25) is 0 Å². The quantitative estimate of drug-likeness (QED) is 0.345. The maximum Gasteiger partial charge on any atom is 0.0870 e. The second kappa shape index (κ2) is 8.82. The average Bonchev–Trinajstić information content (AvgIpc) is 3.45. The minimum Gasteiger partial charge on any atom is -0.377 e. The van der Waals surface area contributed by atoms with Crippen LogP contribution in [-0.4, -0.2) is 27.7 Å². The Bertz CT molecular complexity index is 1150. The van der Waals surface area contributed by atoms with Crippen molar-refractivity contribution in [3.8, 4) is 0 Å². The summed E-state index contributed by atoms with van der Waals surface area (Å²) in [4.78, 5) is 0. The maximum absolute atomic E-state index is 6.79. The van der Waals surface area contributed by atoms with Crippen LogP contribution in [0.5, 0.6) is 0 Å². The van der Waals surface area contributed by atoms with Crippen molar-refractivity contribution in [2.45, 2.75) is 157 Å². The zero-order valence-corrected chi connectivity index (χ0v) is 27.2. The third-order valence-corrected chi connectivity index (χ3v) is 15.5. The van der Waals surface area contributed by atoms with Gasteiger partial charge in [0.25, 0.3) is 0 Å².